The lowest BCUT2D eigenvalue weighted by atomic mass is 10.3. The van der Waals surface area contributed by atoms with Gasteiger partial charge in [0, 0.05) is 0 Å². The molecule has 5 heteroatoms. The van der Waals surface area contributed by atoms with Crippen LogP contribution in [0.15, 0.2) is 67.1 Å². The topological polar surface area (TPSA) is 70.3 Å². The van der Waals surface area contributed by atoms with E-state index in [9.17, 15) is 0 Å². The fourth-order valence-electron chi connectivity index (χ4n) is 1.73. The summed E-state index contributed by atoms with van der Waals surface area (Å²) in [5, 5.41) is 0. The van der Waals surface area contributed by atoms with E-state index in [1.165, 1.54) is 12.5 Å². The molecular formula is C16H13N3O2. The van der Waals surface area contributed by atoms with Gasteiger partial charge in [-0.25, -0.2) is 4.98 Å². The van der Waals surface area contributed by atoms with Gasteiger partial charge in [0.1, 0.15) is 29.3 Å². The highest BCUT2D eigenvalue weighted by Gasteiger charge is 2.04. The number of nitrogens with zero attached hydrogens (tertiary/aromatic N) is 2. The second kappa shape index (κ2) is 5.92. The SMILES string of the molecule is Nc1cncnc1Oc1ccc(Oc2ccccc2)cc1. The predicted octanol–water partition coefficient (Wildman–Crippen LogP) is 3.64. The second-order valence-electron chi connectivity index (χ2n) is 4.27. The molecule has 2 aromatic carbocycles. The van der Waals surface area contributed by atoms with Crippen molar-refractivity contribution in [1.82, 2.24) is 9.97 Å². The quantitative estimate of drug-likeness (QED) is 0.789. The molecule has 3 aromatic rings. The molecule has 1 heterocycles. The minimum Gasteiger partial charge on any atom is -0.457 e. The molecule has 3 rings (SSSR count). The summed E-state index contributed by atoms with van der Waals surface area (Å²) in [6.45, 7) is 0. The van der Waals surface area contributed by atoms with Crippen LogP contribution in [-0.4, -0.2) is 9.97 Å². The molecule has 0 spiro atoms. The van der Waals surface area contributed by atoms with Gasteiger partial charge in [-0.1, -0.05) is 18.2 Å². The van der Waals surface area contributed by atoms with Gasteiger partial charge in [-0.05, 0) is 36.4 Å². The van der Waals surface area contributed by atoms with E-state index < -0.39 is 0 Å². The van der Waals surface area contributed by atoms with Crippen molar-refractivity contribution in [2.75, 3.05) is 5.73 Å². The third kappa shape index (κ3) is 3.27. The zero-order chi connectivity index (χ0) is 14.5. The maximum atomic E-state index is 5.73. The van der Waals surface area contributed by atoms with Crippen LogP contribution >= 0.6 is 0 Å². The predicted molar refractivity (Wildman–Crippen MR) is 79.5 cm³/mol. The minimum atomic E-state index is 0.335. The molecule has 0 atom stereocenters. The monoisotopic (exact) mass is 279 g/mol. The number of hydrogen-bond donors (Lipinski definition) is 1. The van der Waals surface area contributed by atoms with Crippen LogP contribution in [0.5, 0.6) is 23.1 Å². The molecule has 0 fully saturated rings. The smallest absolute Gasteiger partial charge is 0.245 e. The van der Waals surface area contributed by atoms with Gasteiger partial charge in [0.05, 0.1) is 6.20 Å². The molecule has 2 N–H and O–H groups in total. The van der Waals surface area contributed by atoms with Crippen molar-refractivity contribution >= 4 is 5.69 Å². The molecule has 0 saturated heterocycles. The Hall–Kier alpha value is -3.08. The number of anilines is 1. The highest BCUT2D eigenvalue weighted by Crippen LogP contribution is 2.27. The number of aromatic nitrogens is 2. The summed E-state index contributed by atoms with van der Waals surface area (Å²) in [5.74, 6) is 2.47. The zero-order valence-corrected chi connectivity index (χ0v) is 11.1. The number of para-hydroxylation sites is 1. The molecule has 21 heavy (non-hydrogen) atoms. The van der Waals surface area contributed by atoms with Crippen molar-refractivity contribution < 1.29 is 9.47 Å². The fourth-order valence-corrected chi connectivity index (χ4v) is 1.73. The molecule has 0 aliphatic heterocycles. The lowest BCUT2D eigenvalue weighted by Gasteiger charge is -2.08. The van der Waals surface area contributed by atoms with Gasteiger partial charge in [0.25, 0.3) is 0 Å². The van der Waals surface area contributed by atoms with Crippen LogP contribution < -0.4 is 15.2 Å². The molecule has 0 aliphatic rings. The van der Waals surface area contributed by atoms with Crippen LogP contribution in [0.2, 0.25) is 0 Å². The number of benzene rings is 2. The van der Waals surface area contributed by atoms with Crippen LogP contribution in [0.4, 0.5) is 5.69 Å². The Morgan fingerprint density at radius 2 is 1.38 bits per heavy atom. The van der Waals surface area contributed by atoms with Crippen molar-refractivity contribution in [2.24, 2.45) is 0 Å². The summed E-state index contributed by atoms with van der Waals surface area (Å²) in [6.07, 6.45) is 2.88. The Labute approximate surface area is 122 Å². The van der Waals surface area contributed by atoms with Gasteiger partial charge >= 0.3 is 0 Å². The summed E-state index contributed by atoms with van der Waals surface area (Å²) in [5.41, 5.74) is 6.12. The van der Waals surface area contributed by atoms with E-state index in [0.717, 1.165) is 11.5 Å². The van der Waals surface area contributed by atoms with E-state index in [-0.39, 0.29) is 0 Å². The first-order chi connectivity index (χ1) is 10.3. The molecule has 0 saturated carbocycles. The first-order valence-corrected chi connectivity index (χ1v) is 6.37. The highest BCUT2D eigenvalue weighted by molar-refractivity contribution is 5.47. The van der Waals surface area contributed by atoms with Gasteiger partial charge in [0.2, 0.25) is 5.88 Å². The van der Waals surface area contributed by atoms with Crippen LogP contribution in [0.3, 0.4) is 0 Å². The molecule has 5 nitrogen and oxygen atoms in total. The lowest BCUT2D eigenvalue weighted by molar-refractivity contribution is 0.457. The normalized spacial score (nSPS) is 10.1. The van der Waals surface area contributed by atoms with Crippen LogP contribution in [0.25, 0.3) is 0 Å². The van der Waals surface area contributed by atoms with E-state index in [1.54, 1.807) is 12.1 Å². The largest absolute Gasteiger partial charge is 0.457 e. The van der Waals surface area contributed by atoms with E-state index in [0.29, 0.717) is 17.3 Å². The Bertz CT molecular complexity index is 715. The van der Waals surface area contributed by atoms with Crippen LogP contribution in [0, 0.1) is 0 Å². The molecule has 0 aliphatic carbocycles. The molecule has 0 unspecified atom stereocenters. The van der Waals surface area contributed by atoms with Gasteiger partial charge in [0.15, 0.2) is 0 Å². The van der Waals surface area contributed by atoms with Crippen molar-refractivity contribution in [1.29, 1.82) is 0 Å². The average Bonchev–Trinajstić information content (AvgIpc) is 2.52. The Balaban J connectivity index is 1.71. The third-order valence-corrected chi connectivity index (χ3v) is 2.72. The van der Waals surface area contributed by atoms with Crippen molar-refractivity contribution in [2.45, 2.75) is 0 Å². The fraction of sp³-hybridized carbons (Fsp3) is 0. The maximum absolute atomic E-state index is 5.73. The van der Waals surface area contributed by atoms with E-state index in [4.69, 9.17) is 15.2 Å². The lowest BCUT2D eigenvalue weighted by Crippen LogP contribution is -1.95. The van der Waals surface area contributed by atoms with Crippen LogP contribution in [-0.2, 0) is 0 Å². The third-order valence-electron chi connectivity index (χ3n) is 2.72. The first kappa shape index (κ1) is 12.9. The summed E-state index contributed by atoms with van der Waals surface area (Å²) in [6, 6.07) is 16.8. The summed E-state index contributed by atoms with van der Waals surface area (Å²) >= 11 is 0. The molecule has 0 amide bonds. The minimum absolute atomic E-state index is 0.335. The zero-order valence-electron chi connectivity index (χ0n) is 11.1. The van der Waals surface area contributed by atoms with E-state index in [2.05, 4.69) is 9.97 Å². The van der Waals surface area contributed by atoms with Crippen LogP contribution in [0.1, 0.15) is 0 Å². The molecular weight excluding hydrogens is 266 g/mol. The number of nitrogens with two attached hydrogens (primary N) is 1. The summed E-state index contributed by atoms with van der Waals surface area (Å²) < 4.78 is 11.3. The van der Waals surface area contributed by atoms with E-state index in [1.807, 2.05) is 42.5 Å². The second-order valence-corrected chi connectivity index (χ2v) is 4.27. The number of rotatable bonds is 4. The molecule has 0 bridgehead atoms. The Kier molecular flexibility index (Phi) is 3.64. The summed E-state index contributed by atoms with van der Waals surface area (Å²) in [7, 11) is 0. The standard InChI is InChI=1S/C16H13N3O2/c17-15-10-18-11-19-16(15)21-14-8-6-13(7-9-14)20-12-4-2-1-3-5-12/h1-11H,17H2. The average molecular weight is 279 g/mol. The molecule has 1 aromatic heterocycles. The number of nitrogen functional groups attached to an aromatic ring is 1. The van der Waals surface area contributed by atoms with Gasteiger partial charge in [-0.2, -0.15) is 4.98 Å². The van der Waals surface area contributed by atoms with E-state index >= 15 is 0 Å². The molecule has 0 radical (unpaired) electrons. The Morgan fingerprint density at radius 1 is 0.762 bits per heavy atom. The van der Waals surface area contributed by atoms with Gasteiger partial charge < -0.3 is 15.2 Å². The van der Waals surface area contributed by atoms with Crippen molar-refractivity contribution in [3.8, 4) is 23.1 Å². The summed E-state index contributed by atoms with van der Waals surface area (Å²) in [4.78, 5) is 7.79. The van der Waals surface area contributed by atoms with Crippen molar-refractivity contribution in [3.63, 3.8) is 0 Å². The Morgan fingerprint density at radius 3 is 2.05 bits per heavy atom. The first-order valence-electron chi connectivity index (χ1n) is 6.37. The van der Waals surface area contributed by atoms with Gasteiger partial charge in [-0.3, -0.25) is 0 Å². The van der Waals surface area contributed by atoms with Crippen molar-refractivity contribution in [3.05, 3.63) is 67.1 Å². The maximum Gasteiger partial charge on any atom is 0.245 e. The van der Waals surface area contributed by atoms with Gasteiger partial charge in [-0.15, -0.1) is 0 Å². The number of ether oxygens (including phenoxy) is 2. The highest BCUT2D eigenvalue weighted by atomic mass is 16.5. The number of hydrogen-bond acceptors (Lipinski definition) is 5. The molecule has 104 valence electrons.